The molecule has 2 rings (SSSR count). The van der Waals surface area contributed by atoms with Crippen LogP contribution in [0, 0.1) is 0 Å². The average Bonchev–Trinajstić information content (AvgIpc) is 2.72. The molecule has 0 aliphatic carbocycles. The van der Waals surface area contributed by atoms with Gasteiger partial charge < -0.3 is 10.1 Å². The van der Waals surface area contributed by atoms with Gasteiger partial charge in [-0.05, 0) is 52.0 Å². The van der Waals surface area contributed by atoms with Crippen LogP contribution >= 0.6 is 0 Å². The SMILES string of the molecule is CCOC(=O)c1ccc(N2C(=O)C[C@H](NC(C)(C)C)C2=O)cc1. The summed E-state index contributed by atoms with van der Waals surface area (Å²) in [6, 6.07) is 5.76. The minimum Gasteiger partial charge on any atom is -0.462 e. The Bertz CT molecular complexity index is 616. The molecule has 1 atom stereocenters. The van der Waals surface area contributed by atoms with Crippen LogP contribution in [0.15, 0.2) is 24.3 Å². The summed E-state index contributed by atoms with van der Waals surface area (Å²) < 4.78 is 4.91. The molecule has 1 aliphatic rings. The quantitative estimate of drug-likeness (QED) is 0.677. The zero-order valence-electron chi connectivity index (χ0n) is 13.9. The first kappa shape index (κ1) is 17.1. The molecule has 0 saturated carbocycles. The fourth-order valence-electron chi connectivity index (χ4n) is 2.50. The molecule has 0 aromatic heterocycles. The molecule has 0 radical (unpaired) electrons. The first-order valence-corrected chi connectivity index (χ1v) is 7.64. The number of esters is 1. The van der Waals surface area contributed by atoms with E-state index in [-0.39, 0.29) is 23.8 Å². The van der Waals surface area contributed by atoms with Crippen molar-refractivity contribution >= 4 is 23.5 Å². The van der Waals surface area contributed by atoms with Crippen molar-refractivity contribution in [2.75, 3.05) is 11.5 Å². The Kier molecular flexibility index (Phi) is 4.85. The third-order valence-corrected chi connectivity index (χ3v) is 3.39. The molecule has 1 N–H and O–H groups in total. The van der Waals surface area contributed by atoms with E-state index in [9.17, 15) is 14.4 Å². The molecule has 1 aromatic carbocycles. The third kappa shape index (κ3) is 3.96. The molecule has 1 fully saturated rings. The molecule has 0 bridgehead atoms. The van der Waals surface area contributed by atoms with Crippen LogP contribution in [0.25, 0.3) is 0 Å². The van der Waals surface area contributed by atoms with E-state index in [1.165, 1.54) is 4.90 Å². The highest BCUT2D eigenvalue weighted by atomic mass is 16.5. The Morgan fingerprint density at radius 2 is 1.87 bits per heavy atom. The third-order valence-electron chi connectivity index (χ3n) is 3.39. The summed E-state index contributed by atoms with van der Waals surface area (Å²) in [6.07, 6.45) is 0.135. The number of amides is 2. The van der Waals surface area contributed by atoms with E-state index in [0.717, 1.165) is 0 Å². The van der Waals surface area contributed by atoms with Gasteiger partial charge in [0.2, 0.25) is 5.91 Å². The largest absolute Gasteiger partial charge is 0.462 e. The van der Waals surface area contributed by atoms with Gasteiger partial charge in [-0.1, -0.05) is 0 Å². The molecular weight excluding hydrogens is 296 g/mol. The van der Waals surface area contributed by atoms with Crippen LogP contribution in [-0.4, -0.2) is 36.0 Å². The lowest BCUT2D eigenvalue weighted by atomic mass is 10.1. The van der Waals surface area contributed by atoms with Gasteiger partial charge in [0, 0.05) is 5.54 Å². The predicted octanol–water partition coefficient (Wildman–Crippen LogP) is 1.88. The number of carbonyl (C=O) groups is 3. The molecule has 124 valence electrons. The standard InChI is InChI=1S/C17H22N2O4/c1-5-23-16(22)11-6-8-12(9-7-11)19-14(20)10-13(15(19)21)18-17(2,3)4/h6-9,13,18H,5,10H2,1-4H3/t13-/m0/s1. The van der Waals surface area contributed by atoms with Gasteiger partial charge in [-0.2, -0.15) is 0 Å². The molecule has 1 aromatic rings. The lowest BCUT2D eigenvalue weighted by Crippen LogP contribution is -2.47. The number of benzene rings is 1. The Morgan fingerprint density at radius 3 is 2.39 bits per heavy atom. The van der Waals surface area contributed by atoms with E-state index in [0.29, 0.717) is 17.9 Å². The second-order valence-corrected chi connectivity index (χ2v) is 6.49. The maximum absolute atomic E-state index is 12.5. The zero-order valence-corrected chi connectivity index (χ0v) is 13.9. The zero-order chi connectivity index (χ0) is 17.2. The number of nitrogens with zero attached hydrogens (tertiary/aromatic N) is 1. The van der Waals surface area contributed by atoms with Gasteiger partial charge in [0.25, 0.3) is 5.91 Å². The maximum Gasteiger partial charge on any atom is 0.338 e. The van der Waals surface area contributed by atoms with Gasteiger partial charge in [0.1, 0.15) is 0 Å². The summed E-state index contributed by atoms with van der Waals surface area (Å²) in [5, 5.41) is 3.16. The minimum absolute atomic E-state index is 0.135. The molecular formula is C17H22N2O4. The summed E-state index contributed by atoms with van der Waals surface area (Å²) in [5.74, 6) is -0.945. The minimum atomic E-state index is -0.521. The second kappa shape index (κ2) is 6.50. The summed E-state index contributed by atoms with van der Waals surface area (Å²) >= 11 is 0. The number of nitrogens with one attached hydrogen (secondary N) is 1. The number of hydrogen-bond acceptors (Lipinski definition) is 5. The Hall–Kier alpha value is -2.21. The van der Waals surface area contributed by atoms with E-state index in [2.05, 4.69) is 5.32 Å². The lowest BCUT2D eigenvalue weighted by molar-refractivity contribution is -0.121. The van der Waals surface area contributed by atoms with Crippen molar-refractivity contribution in [2.24, 2.45) is 0 Å². The molecule has 23 heavy (non-hydrogen) atoms. The molecule has 6 heteroatoms. The van der Waals surface area contributed by atoms with Gasteiger partial charge >= 0.3 is 5.97 Å². The molecule has 6 nitrogen and oxygen atoms in total. The van der Waals surface area contributed by atoms with Crippen molar-refractivity contribution in [3.8, 4) is 0 Å². The number of imide groups is 1. The van der Waals surface area contributed by atoms with Gasteiger partial charge in [-0.3, -0.25) is 9.59 Å². The molecule has 1 heterocycles. The Labute approximate surface area is 135 Å². The smallest absolute Gasteiger partial charge is 0.338 e. The number of rotatable bonds is 4. The number of anilines is 1. The van der Waals surface area contributed by atoms with Gasteiger partial charge in [-0.25, -0.2) is 9.69 Å². The topological polar surface area (TPSA) is 75.7 Å². The van der Waals surface area contributed by atoms with Crippen LogP contribution in [0.1, 0.15) is 44.5 Å². The summed E-state index contributed by atoms with van der Waals surface area (Å²) in [4.78, 5) is 37.4. The van der Waals surface area contributed by atoms with E-state index < -0.39 is 12.0 Å². The van der Waals surface area contributed by atoms with Crippen LogP contribution in [0.3, 0.4) is 0 Å². The molecule has 0 spiro atoms. The number of ether oxygens (including phenoxy) is 1. The van der Waals surface area contributed by atoms with E-state index in [4.69, 9.17) is 4.74 Å². The van der Waals surface area contributed by atoms with Gasteiger partial charge in [-0.15, -0.1) is 0 Å². The first-order valence-electron chi connectivity index (χ1n) is 7.64. The van der Waals surface area contributed by atoms with Crippen LogP contribution in [0.2, 0.25) is 0 Å². The highest BCUT2D eigenvalue weighted by molar-refractivity contribution is 6.22. The van der Waals surface area contributed by atoms with Crippen LogP contribution in [0.4, 0.5) is 5.69 Å². The predicted molar refractivity (Wildman–Crippen MR) is 86.2 cm³/mol. The Morgan fingerprint density at radius 1 is 1.26 bits per heavy atom. The average molecular weight is 318 g/mol. The maximum atomic E-state index is 12.5. The molecule has 0 unspecified atom stereocenters. The summed E-state index contributed by atoms with van der Waals surface area (Å²) in [6.45, 7) is 7.87. The summed E-state index contributed by atoms with van der Waals surface area (Å²) in [7, 11) is 0. The molecule has 1 saturated heterocycles. The van der Waals surface area contributed by atoms with E-state index >= 15 is 0 Å². The van der Waals surface area contributed by atoms with Crippen molar-refractivity contribution in [1.82, 2.24) is 5.32 Å². The van der Waals surface area contributed by atoms with Gasteiger partial charge in [0.05, 0.1) is 30.3 Å². The Balaban J connectivity index is 2.17. The van der Waals surface area contributed by atoms with Crippen LogP contribution in [0.5, 0.6) is 0 Å². The second-order valence-electron chi connectivity index (χ2n) is 6.49. The molecule has 2 amide bonds. The van der Waals surface area contributed by atoms with E-state index in [1.807, 2.05) is 20.8 Å². The monoisotopic (exact) mass is 318 g/mol. The molecule has 1 aliphatic heterocycles. The normalized spacial score (nSPS) is 18.4. The lowest BCUT2D eigenvalue weighted by Gasteiger charge is -2.24. The van der Waals surface area contributed by atoms with E-state index in [1.54, 1.807) is 31.2 Å². The fraction of sp³-hybridized carbons (Fsp3) is 0.471. The first-order chi connectivity index (χ1) is 10.7. The number of carbonyl (C=O) groups excluding carboxylic acids is 3. The van der Waals surface area contributed by atoms with Crippen LogP contribution in [-0.2, 0) is 14.3 Å². The summed E-state index contributed by atoms with van der Waals surface area (Å²) in [5.41, 5.74) is 0.593. The van der Waals surface area contributed by atoms with Gasteiger partial charge in [0.15, 0.2) is 0 Å². The van der Waals surface area contributed by atoms with Crippen molar-refractivity contribution in [3.05, 3.63) is 29.8 Å². The van der Waals surface area contributed by atoms with Crippen molar-refractivity contribution in [1.29, 1.82) is 0 Å². The van der Waals surface area contributed by atoms with Crippen molar-refractivity contribution in [2.45, 2.75) is 45.7 Å². The van der Waals surface area contributed by atoms with Crippen molar-refractivity contribution in [3.63, 3.8) is 0 Å². The fourth-order valence-corrected chi connectivity index (χ4v) is 2.50. The van der Waals surface area contributed by atoms with Crippen LogP contribution < -0.4 is 10.2 Å². The van der Waals surface area contributed by atoms with Crippen molar-refractivity contribution < 1.29 is 19.1 Å². The highest BCUT2D eigenvalue weighted by Gasteiger charge is 2.40. The number of hydrogen-bond donors (Lipinski definition) is 1. The highest BCUT2D eigenvalue weighted by Crippen LogP contribution is 2.24.